The van der Waals surface area contributed by atoms with E-state index in [0.29, 0.717) is 4.91 Å². The van der Waals surface area contributed by atoms with Gasteiger partial charge < -0.3 is 4.90 Å². The fourth-order valence-electron chi connectivity index (χ4n) is 2.19. The van der Waals surface area contributed by atoms with Crippen LogP contribution in [0.5, 0.6) is 0 Å². The molecule has 0 saturated carbocycles. The molecule has 1 amide bonds. The van der Waals surface area contributed by atoms with Gasteiger partial charge in [0.15, 0.2) is 5.17 Å². The molecule has 0 unspecified atom stereocenters. The quantitative estimate of drug-likeness (QED) is 0.747. The lowest BCUT2D eigenvalue weighted by atomic mass is 10.1. The van der Waals surface area contributed by atoms with Crippen LogP contribution in [-0.4, -0.2) is 34.0 Å². The zero-order chi connectivity index (χ0) is 13.2. The molecule has 0 bridgehead atoms. The minimum atomic E-state index is -0.113. The third-order valence-corrected chi connectivity index (χ3v) is 5.20. The molecule has 1 saturated heterocycles. The van der Waals surface area contributed by atoms with Crippen molar-refractivity contribution in [2.24, 2.45) is 4.99 Å². The van der Waals surface area contributed by atoms with Crippen molar-refractivity contribution in [2.75, 3.05) is 13.1 Å². The van der Waals surface area contributed by atoms with Crippen molar-refractivity contribution < 1.29 is 4.79 Å². The molecule has 6 heteroatoms. The van der Waals surface area contributed by atoms with Crippen LogP contribution in [0.15, 0.2) is 15.4 Å². The molecule has 1 fully saturated rings. The zero-order valence-electron chi connectivity index (χ0n) is 10.8. The maximum atomic E-state index is 11.9. The van der Waals surface area contributed by atoms with E-state index in [9.17, 15) is 4.79 Å². The molecule has 3 heterocycles. The number of aryl methyl sites for hydroxylation is 1. The number of amides is 1. The number of carbonyl (C=O) groups excluding carboxylic acids is 1. The maximum absolute atomic E-state index is 11.9. The highest BCUT2D eigenvalue weighted by Gasteiger charge is 2.27. The van der Waals surface area contributed by atoms with Gasteiger partial charge in [0.1, 0.15) is 0 Å². The summed E-state index contributed by atoms with van der Waals surface area (Å²) < 4.78 is 0. The van der Waals surface area contributed by atoms with E-state index in [2.05, 4.69) is 14.9 Å². The van der Waals surface area contributed by atoms with Crippen LogP contribution >= 0.6 is 23.1 Å². The number of hydrogen-bond donors (Lipinski definition) is 0. The minimum absolute atomic E-state index is 0.113. The van der Waals surface area contributed by atoms with Gasteiger partial charge in [-0.3, -0.25) is 4.79 Å². The first-order valence-corrected chi connectivity index (χ1v) is 8.11. The molecule has 2 aliphatic rings. The first-order chi connectivity index (χ1) is 9.24. The zero-order valence-corrected chi connectivity index (χ0v) is 12.4. The SMILES string of the molecule is Cc1ncsc1/C=C1/SC(N2CCCCC2)=NC1=O. The van der Waals surface area contributed by atoms with Crippen molar-refractivity contribution in [1.82, 2.24) is 9.88 Å². The largest absolute Gasteiger partial charge is 0.351 e. The highest BCUT2D eigenvalue weighted by molar-refractivity contribution is 8.18. The van der Waals surface area contributed by atoms with Crippen molar-refractivity contribution in [3.05, 3.63) is 21.0 Å². The van der Waals surface area contributed by atoms with E-state index in [0.717, 1.165) is 28.8 Å². The molecule has 1 aromatic rings. The topological polar surface area (TPSA) is 45.6 Å². The summed E-state index contributed by atoms with van der Waals surface area (Å²) in [4.78, 5) is 24.3. The van der Waals surface area contributed by atoms with Crippen LogP contribution in [0.1, 0.15) is 29.8 Å². The molecule has 4 nitrogen and oxygen atoms in total. The summed E-state index contributed by atoms with van der Waals surface area (Å²) in [5.74, 6) is -0.113. The molecule has 0 atom stereocenters. The number of hydrogen-bond acceptors (Lipinski definition) is 5. The second kappa shape index (κ2) is 5.46. The summed E-state index contributed by atoms with van der Waals surface area (Å²) in [6.07, 6.45) is 5.59. The summed E-state index contributed by atoms with van der Waals surface area (Å²) in [5, 5.41) is 0.873. The van der Waals surface area contributed by atoms with Gasteiger partial charge in [-0.05, 0) is 44.0 Å². The molecule has 1 aromatic heterocycles. The highest BCUT2D eigenvalue weighted by atomic mass is 32.2. The third-order valence-electron chi connectivity index (χ3n) is 3.28. The Morgan fingerprint density at radius 2 is 2.11 bits per heavy atom. The number of piperidine rings is 1. The first-order valence-electron chi connectivity index (χ1n) is 6.41. The first kappa shape index (κ1) is 12.9. The van der Waals surface area contributed by atoms with E-state index < -0.39 is 0 Å². The van der Waals surface area contributed by atoms with E-state index in [1.54, 1.807) is 16.8 Å². The van der Waals surface area contributed by atoms with Gasteiger partial charge in [0, 0.05) is 13.1 Å². The van der Waals surface area contributed by atoms with Gasteiger partial charge in [0.05, 0.1) is 21.0 Å². The molecule has 100 valence electrons. The number of amidine groups is 1. The van der Waals surface area contributed by atoms with Crippen LogP contribution in [0, 0.1) is 6.92 Å². The second-order valence-electron chi connectivity index (χ2n) is 4.66. The monoisotopic (exact) mass is 293 g/mol. The van der Waals surface area contributed by atoms with Crippen LogP contribution in [0.4, 0.5) is 0 Å². The van der Waals surface area contributed by atoms with E-state index in [1.165, 1.54) is 31.0 Å². The average molecular weight is 293 g/mol. The molecular formula is C13H15N3OS2. The number of nitrogens with zero attached hydrogens (tertiary/aromatic N) is 3. The molecule has 0 aliphatic carbocycles. The Hall–Kier alpha value is -1.14. The third kappa shape index (κ3) is 2.74. The standard InChI is InChI=1S/C13H15N3OS2/c1-9-10(18-8-14-9)7-11-12(17)15-13(19-11)16-5-3-2-4-6-16/h7-8H,2-6H2,1H3/b11-7+. The van der Waals surface area contributed by atoms with Gasteiger partial charge in [-0.25, -0.2) is 4.98 Å². The normalized spacial score (nSPS) is 22.2. The smallest absolute Gasteiger partial charge is 0.286 e. The molecule has 0 aromatic carbocycles. The Balaban J connectivity index is 1.76. The fraction of sp³-hybridized carbons (Fsp3) is 0.462. The Morgan fingerprint density at radius 1 is 1.32 bits per heavy atom. The predicted molar refractivity (Wildman–Crippen MR) is 80.3 cm³/mol. The van der Waals surface area contributed by atoms with Gasteiger partial charge in [-0.15, -0.1) is 11.3 Å². The lowest BCUT2D eigenvalue weighted by molar-refractivity contribution is -0.113. The van der Waals surface area contributed by atoms with Crippen molar-refractivity contribution in [1.29, 1.82) is 0 Å². The number of thioether (sulfide) groups is 1. The molecule has 0 radical (unpaired) electrons. The molecular weight excluding hydrogens is 278 g/mol. The molecule has 19 heavy (non-hydrogen) atoms. The van der Waals surface area contributed by atoms with Crippen LogP contribution in [-0.2, 0) is 4.79 Å². The van der Waals surface area contributed by atoms with E-state index in [4.69, 9.17) is 0 Å². The summed E-state index contributed by atoms with van der Waals surface area (Å²) in [7, 11) is 0. The van der Waals surface area contributed by atoms with Crippen LogP contribution in [0.25, 0.3) is 6.08 Å². The van der Waals surface area contributed by atoms with Crippen molar-refractivity contribution in [3.8, 4) is 0 Å². The van der Waals surface area contributed by atoms with Gasteiger partial charge in [0.2, 0.25) is 0 Å². The van der Waals surface area contributed by atoms with Crippen LogP contribution in [0.2, 0.25) is 0 Å². The van der Waals surface area contributed by atoms with Crippen LogP contribution in [0.3, 0.4) is 0 Å². The Kier molecular flexibility index (Phi) is 3.70. The Bertz CT molecular complexity index is 556. The number of likely N-dealkylation sites (tertiary alicyclic amines) is 1. The predicted octanol–water partition coefficient (Wildman–Crippen LogP) is 2.91. The summed E-state index contributed by atoms with van der Waals surface area (Å²) in [6.45, 7) is 4.00. The van der Waals surface area contributed by atoms with Gasteiger partial charge in [0.25, 0.3) is 5.91 Å². The molecule has 0 spiro atoms. The second-order valence-corrected chi connectivity index (χ2v) is 6.56. The summed E-state index contributed by atoms with van der Waals surface area (Å²) in [6, 6.07) is 0. The lowest BCUT2D eigenvalue weighted by Gasteiger charge is -2.27. The average Bonchev–Trinajstić information content (AvgIpc) is 2.99. The molecule has 2 aliphatic heterocycles. The number of rotatable bonds is 1. The fourth-order valence-corrected chi connectivity index (χ4v) is 3.94. The minimum Gasteiger partial charge on any atom is -0.351 e. The van der Waals surface area contributed by atoms with Gasteiger partial charge in [-0.2, -0.15) is 4.99 Å². The maximum Gasteiger partial charge on any atom is 0.286 e. The van der Waals surface area contributed by atoms with E-state index >= 15 is 0 Å². The summed E-state index contributed by atoms with van der Waals surface area (Å²) in [5.41, 5.74) is 2.77. The molecule has 0 N–H and O–H groups in total. The number of aliphatic imine (C=N–C) groups is 1. The van der Waals surface area contributed by atoms with E-state index in [-0.39, 0.29) is 5.91 Å². The lowest BCUT2D eigenvalue weighted by Crippen LogP contribution is -2.33. The van der Waals surface area contributed by atoms with Gasteiger partial charge >= 0.3 is 0 Å². The Labute approximate surface area is 120 Å². The Morgan fingerprint density at radius 3 is 2.79 bits per heavy atom. The summed E-state index contributed by atoms with van der Waals surface area (Å²) >= 11 is 3.06. The van der Waals surface area contributed by atoms with Gasteiger partial charge in [-0.1, -0.05) is 0 Å². The van der Waals surface area contributed by atoms with Crippen molar-refractivity contribution >= 4 is 40.2 Å². The number of thiazole rings is 1. The van der Waals surface area contributed by atoms with Crippen LogP contribution < -0.4 is 0 Å². The van der Waals surface area contributed by atoms with Crippen molar-refractivity contribution in [3.63, 3.8) is 0 Å². The van der Waals surface area contributed by atoms with Crippen molar-refractivity contribution in [2.45, 2.75) is 26.2 Å². The highest BCUT2D eigenvalue weighted by Crippen LogP contribution is 2.32. The number of carbonyl (C=O) groups is 1. The van der Waals surface area contributed by atoms with E-state index in [1.807, 2.05) is 13.0 Å². The molecule has 3 rings (SSSR count). The number of aromatic nitrogens is 1.